The molecule has 0 aliphatic carbocycles. The van der Waals surface area contributed by atoms with Crippen LogP contribution < -0.4 is 5.73 Å². The SMILES string of the molecule is Nc1cc(C(F)F)nn1-c1ccccc1. The number of rotatable bonds is 2. The molecule has 15 heavy (non-hydrogen) atoms. The summed E-state index contributed by atoms with van der Waals surface area (Å²) in [5, 5.41) is 3.72. The highest BCUT2D eigenvalue weighted by molar-refractivity contribution is 5.42. The van der Waals surface area contributed by atoms with Crippen LogP contribution in [0.1, 0.15) is 12.1 Å². The van der Waals surface area contributed by atoms with E-state index in [0.29, 0.717) is 5.69 Å². The van der Waals surface area contributed by atoms with Gasteiger partial charge < -0.3 is 5.73 Å². The lowest BCUT2D eigenvalue weighted by molar-refractivity contribution is 0.145. The summed E-state index contributed by atoms with van der Waals surface area (Å²) >= 11 is 0. The van der Waals surface area contributed by atoms with Crippen LogP contribution in [0.3, 0.4) is 0 Å². The van der Waals surface area contributed by atoms with Gasteiger partial charge in [0.15, 0.2) is 0 Å². The molecule has 2 N–H and O–H groups in total. The van der Waals surface area contributed by atoms with E-state index in [1.807, 2.05) is 6.07 Å². The van der Waals surface area contributed by atoms with E-state index in [-0.39, 0.29) is 11.5 Å². The molecule has 78 valence electrons. The van der Waals surface area contributed by atoms with Crippen LogP contribution in [0.15, 0.2) is 36.4 Å². The van der Waals surface area contributed by atoms with Crippen LogP contribution in [0, 0.1) is 0 Å². The predicted octanol–water partition coefficient (Wildman–Crippen LogP) is 2.39. The van der Waals surface area contributed by atoms with Gasteiger partial charge in [-0.3, -0.25) is 0 Å². The number of aromatic nitrogens is 2. The van der Waals surface area contributed by atoms with Crippen molar-refractivity contribution in [1.82, 2.24) is 9.78 Å². The van der Waals surface area contributed by atoms with Gasteiger partial charge in [0, 0.05) is 6.07 Å². The molecule has 2 rings (SSSR count). The molecule has 0 unspecified atom stereocenters. The summed E-state index contributed by atoms with van der Waals surface area (Å²) in [6, 6.07) is 10.1. The van der Waals surface area contributed by atoms with Gasteiger partial charge in [-0.2, -0.15) is 5.10 Å². The Hall–Kier alpha value is -1.91. The molecule has 5 heteroatoms. The van der Waals surface area contributed by atoms with Crippen LogP contribution in [-0.4, -0.2) is 9.78 Å². The molecular formula is C10H9F2N3. The van der Waals surface area contributed by atoms with Crippen molar-refractivity contribution in [2.45, 2.75) is 6.43 Å². The first-order chi connectivity index (χ1) is 7.18. The van der Waals surface area contributed by atoms with Gasteiger partial charge >= 0.3 is 0 Å². The molecule has 1 aromatic heterocycles. The highest BCUT2D eigenvalue weighted by atomic mass is 19.3. The van der Waals surface area contributed by atoms with E-state index in [1.54, 1.807) is 24.3 Å². The average molecular weight is 209 g/mol. The monoisotopic (exact) mass is 209 g/mol. The maximum absolute atomic E-state index is 12.3. The number of hydrogen-bond donors (Lipinski definition) is 1. The fourth-order valence-corrected chi connectivity index (χ4v) is 1.30. The quantitative estimate of drug-likeness (QED) is 0.825. The molecule has 0 amide bonds. The van der Waals surface area contributed by atoms with Crippen LogP contribution in [0.2, 0.25) is 0 Å². The van der Waals surface area contributed by atoms with Gasteiger partial charge in [0.05, 0.1) is 5.69 Å². The highest BCUT2D eigenvalue weighted by Gasteiger charge is 2.14. The van der Waals surface area contributed by atoms with Crippen molar-refractivity contribution in [2.75, 3.05) is 5.73 Å². The Morgan fingerprint density at radius 3 is 2.40 bits per heavy atom. The number of hydrogen-bond acceptors (Lipinski definition) is 2. The first-order valence-corrected chi connectivity index (χ1v) is 4.37. The van der Waals surface area contributed by atoms with Crippen molar-refractivity contribution in [2.24, 2.45) is 0 Å². The second kappa shape index (κ2) is 3.68. The lowest BCUT2D eigenvalue weighted by Gasteiger charge is -2.02. The van der Waals surface area contributed by atoms with Crippen LogP contribution in [0.25, 0.3) is 5.69 Å². The summed E-state index contributed by atoms with van der Waals surface area (Å²) in [6.45, 7) is 0. The summed E-state index contributed by atoms with van der Waals surface area (Å²) < 4.78 is 26.0. The molecule has 0 saturated carbocycles. The number of alkyl halides is 2. The zero-order valence-electron chi connectivity index (χ0n) is 7.77. The van der Waals surface area contributed by atoms with E-state index in [1.165, 1.54) is 10.7 Å². The Morgan fingerprint density at radius 2 is 1.87 bits per heavy atom. The van der Waals surface area contributed by atoms with E-state index in [0.717, 1.165) is 0 Å². The molecule has 0 bridgehead atoms. The average Bonchev–Trinajstić information content (AvgIpc) is 2.62. The molecule has 1 aromatic carbocycles. The molecule has 1 heterocycles. The number of para-hydroxylation sites is 1. The summed E-state index contributed by atoms with van der Waals surface area (Å²) in [4.78, 5) is 0. The van der Waals surface area contributed by atoms with E-state index in [2.05, 4.69) is 5.10 Å². The molecule has 0 radical (unpaired) electrons. The lowest BCUT2D eigenvalue weighted by atomic mass is 10.3. The van der Waals surface area contributed by atoms with Gasteiger partial charge in [-0.25, -0.2) is 13.5 Å². The van der Waals surface area contributed by atoms with Crippen molar-refractivity contribution in [1.29, 1.82) is 0 Å². The van der Waals surface area contributed by atoms with Crippen LogP contribution in [0.5, 0.6) is 0 Å². The Labute approximate surface area is 85.1 Å². The number of nitrogen functional groups attached to an aromatic ring is 1. The maximum Gasteiger partial charge on any atom is 0.282 e. The minimum Gasteiger partial charge on any atom is -0.384 e. The molecule has 0 aliphatic heterocycles. The third kappa shape index (κ3) is 1.81. The predicted molar refractivity (Wildman–Crippen MR) is 52.9 cm³/mol. The van der Waals surface area contributed by atoms with Crippen molar-refractivity contribution in [3.05, 3.63) is 42.1 Å². The molecule has 0 saturated heterocycles. The number of nitrogens with two attached hydrogens (primary N) is 1. The Balaban J connectivity index is 2.45. The van der Waals surface area contributed by atoms with Gasteiger partial charge in [-0.1, -0.05) is 18.2 Å². The maximum atomic E-state index is 12.3. The first kappa shape index (κ1) is 9.64. The fraction of sp³-hybridized carbons (Fsp3) is 0.100. The van der Waals surface area contributed by atoms with Crippen LogP contribution >= 0.6 is 0 Å². The number of nitrogens with zero attached hydrogens (tertiary/aromatic N) is 2. The molecule has 0 atom stereocenters. The van der Waals surface area contributed by atoms with E-state index in [9.17, 15) is 8.78 Å². The summed E-state index contributed by atoms with van der Waals surface area (Å²) in [5.74, 6) is 0.205. The molecule has 0 aliphatic rings. The van der Waals surface area contributed by atoms with Crippen molar-refractivity contribution < 1.29 is 8.78 Å². The Morgan fingerprint density at radius 1 is 1.20 bits per heavy atom. The number of benzene rings is 1. The van der Waals surface area contributed by atoms with Crippen LogP contribution in [-0.2, 0) is 0 Å². The molecule has 3 nitrogen and oxygen atoms in total. The van der Waals surface area contributed by atoms with Gasteiger partial charge in [0.2, 0.25) is 0 Å². The fourth-order valence-electron chi connectivity index (χ4n) is 1.30. The Kier molecular flexibility index (Phi) is 2.37. The smallest absolute Gasteiger partial charge is 0.282 e. The molecule has 0 fully saturated rings. The lowest BCUT2D eigenvalue weighted by Crippen LogP contribution is -2.01. The largest absolute Gasteiger partial charge is 0.384 e. The van der Waals surface area contributed by atoms with Crippen molar-refractivity contribution in [3.63, 3.8) is 0 Å². The van der Waals surface area contributed by atoms with Gasteiger partial charge in [0.1, 0.15) is 11.5 Å². The van der Waals surface area contributed by atoms with E-state index >= 15 is 0 Å². The molecule has 0 spiro atoms. The zero-order chi connectivity index (χ0) is 10.8. The highest BCUT2D eigenvalue weighted by Crippen LogP contribution is 2.21. The van der Waals surface area contributed by atoms with E-state index in [4.69, 9.17) is 5.73 Å². The van der Waals surface area contributed by atoms with Gasteiger partial charge in [-0.15, -0.1) is 0 Å². The third-order valence-electron chi connectivity index (χ3n) is 1.98. The number of anilines is 1. The summed E-state index contributed by atoms with van der Waals surface area (Å²) in [6.07, 6.45) is -2.60. The zero-order valence-corrected chi connectivity index (χ0v) is 7.77. The van der Waals surface area contributed by atoms with E-state index < -0.39 is 6.43 Å². The second-order valence-electron chi connectivity index (χ2n) is 3.04. The van der Waals surface area contributed by atoms with Gasteiger partial charge in [0.25, 0.3) is 6.43 Å². The summed E-state index contributed by atoms with van der Waals surface area (Å²) in [7, 11) is 0. The molecular weight excluding hydrogens is 200 g/mol. The van der Waals surface area contributed by atoms with Crippen molar-refractivity contribution >= 4 is 5.82 Å². The van der Waals surface area contributed by atoms with Crippen molar-refractivity contribution in [3.8, 4) is 5.69 Å². The summed E-state index contributed by atoms with van der Waals surface area (Å²) in [5.41, 5.74) is 5.94. The first-order valence-electron chi connectivity index (χ1n) is 4.37. The minimum atomic E-state index is -2.60. The Bertz CT molecular complexity index is 451. The van der Waals surface area contributed by atoms with Crippen LogP contribution in [0.4, 0.5) is 14.6 Å². The topological polar surface area (TPSA) is 43.8 Å². The second-order valence-corrected chi connectivity index (χ2v) is 3.04. The minimum absolute atomic E-state index is 0.205. The third-order valence-corrected chi connectivity index (χ3v) is 1.98. The normalized spacial score (nSPS) is 10.9. The van der Waals surface area contributed by atoms with Gasteiger partial charge in [-0.05, 0) is 12.1 Å². The number of halogens is 2. The standard InChI is InChI=1S/C10H9F2N3/c11-10(12)8-6-9(13)15(14-8)7-4-2-1-3-5-7/h1-6,10H,13H2. The molecule has 2 aromatic rings.